The minimum absolute atomic E-state index is 0.0959. The third kappa shape index (κ3) is 1.90. The number of halogens is 1. The average Bonchev–Trinajstić information content (AvgIpc) is 2.21. The van der Waals surface area contributed by atoms with Gasteiger partial charge in [-0.1, -0.05) is 17.7 Å². The Morgan fingerprint density at radius 2 is 2.21 bits per heavy atom. The summed E-state index contributed by atoms with van der Waals surface area (Å²) in [5, 5.41) is 3.67. The molecular weight excluding hydrogens is 198 g/mol. The number of hydrogen-bond acceptors (Lipinski definition) is 1. The number of benzene rings is 1. The highest BCUT2D eigenvalue weighted by Crippen LogP contribution is 2.20. The summed E-state index contributed by atoms with van der Waals surface area (Å²) < 4.78 is 0. The first kappa shape index (κ1) is 9.53. The van der Waals surface area contributed by atoms with Gasteiger partial charge in [0.1, 0.15) is 0 Å². The standard InChI is InChI=1S/C11H12ClNO/c1-7-4-9-5-10(12)3-2-8(9)6-11(14)13-7/h2-3,5,7H,4,6H2,1H3,(H,13,14)/t7-/m0/s1. The molecule has 1 N–H and O–H groups in total. The van der Waals surface area contributed by atoms with Crippen molar-refractivity contribution in [3.05, 3.63) is 34.3 Å². The van der Waals surface area contributed by atoms with Gasteiger partial charge in [-0.25, -0.2) is 0 Å². The van der Waals surface area contributed by atoms with Crippen molar-refractivity contribution in [3.63, 3.8) is 0 Å². The molecule has 0 aromatic heterocycles. The molecule has 2 nitrogen and oxygen atoms in total. The Morgan fingerprint density at radius 3 is 3.00 bits per heavy atom. The van der Waals surface area contributed by atoms with Crippen molar-refractivity contribution in [2.45, 2.75) is 25.8 Å². The molecule has 1 aromatic carbocycles. The van der Waals surface area contributed by atoms with Crippen LogP contribution in [0.2, 0.25) is 5.02 Å². The SMILES string of the molecule is C[C@H]1Cc2cc(Cl)ccc2CC(=O)N1. The highest BCUT2D eigenvalue weighted by atomic mass is 35.5. The molecule has 1 atom stereocenters. The lowest BCUT2D eigenvalue weighted by molar-refractivity contribution is -0.120. The Bertz CT molecular complexity index is 376. The van der Waals surface area contributed by atoms with Gasteiger partial charge in [0.25, 0.3) is 0 Å². The zero-order valence-corrected chi connectivity index (χ0v) is 8.77. The summed E-state index contributed by atoms with van der Waals surface area (Å²) in [6.07, 6.45) is 1.33. The number of fused-ring (bicyclic) bond motifs is 1. The number of hydrogen-bond donors (Lipinski definition) is 1. The Kier molecular flexibility index (Phi) is 2.46. The molecule has 0 saturated heterocycles. The molecule has 1 heterocycles. The van der Waals surface area contributed by atoms with E-state index >= 15 is 0 Å². The summed E-state index contributed by atoms with van der Waals surface area (Å²) in [7, 11) is 0. The summed E-state index contributed by atoms with van der Waals surface area (Å²) >= 11 is 5.91. The molecule has 0 radical (unpaired) electrons. The van der Waals surface area contributed by atoms with Crippen LogP contribution in [-0.4, -0.2) is 11.9 Å². The van der Waals surface area contributed by atoms with Crippen molar-refractivity contribution >= 4 is 17.5 Å². The van der Waals surface area contributed by atoms with Gasteiger partial charge >= 0.3 is 0 Å². The van der Waals surface area contributed by atoms with E-state index in [0.29, 0.717) is 6.42 Å². The molecule has 1 aliphatic heterocycles. The summed E-state index contributed by atoms with van der Waals surface area (Å²) in [6.45, 7) is 2.01. The van der Waals surface area contributed by atoms with E-state index in [2.05, 4.69) is 5.32 Å². The predicted octanol–water partition coefficient (Wildman–Crippen LogP) is 1.94. The molecule has 1 aromatic rings. The normalized spacial score (nSPS) is 21.0. The topological polar surface area (TPSA) is 29.1 Å². The number of amides is 1. The van der Waals surface area contributed by atoms with E-state index < -0.39 is 0 Å². The molecule has 74 valence electrons. The van der Waals surface area contributed by atoms with Crippen LogP contribution in [0, 0.1) is 0 Å². The molecule has 0 fully saturated rings. The summed E-state index contributed by atoms with van der Waals surface area (Å²) in [4.78, 5) is 11.4. The van der Waals surface area contributed by atoms with Crippen molar-refractivity contribution < 1.29 is 4.79 Å². The number of nitrogens with one attached hydrogen (secondary N) is 1. The lowest BCUT2D eigenvalue weighted by Crippen LogP contribution is -2.32. The highest BCUT2D eigenvalue weighted by molar-refractivity contribution is 6.30. The first-order valence-corrected chi connectivity index (χ1v) is 5.09. The third-order valence-electron chi connectivity index (χ3n) is 2.45. The molecule has 1 amide bonds. The lowest BCUT2D eigenvalue weighted by atomic mass is 10.0. The van der Waals surface area contributed by atoms with Crippen LogP contribution in [0.25, 0.3) is 0 Å². The summed E-state index contributed by atoms with van der Waals surface area (Å²) in [5.74, 6) is 0.0959. The van der Waals surface area contributed by atoms with E-state index in [-0.39, 0.29) is 11.9 Å². The molecule has 14 heavy (non-hydrogen) atoms. The molecule has 0 saturated carbocycles. The van der Waals surface area contributed by atoms with E-state index in [1.165, 1.54) is 5.56 Å². The van der Waals surface area contributed by atoms with Gasteiger partial charge < -0.3 is 5.32 Å². The van der Waals surface area contributed by atoms with Crippen LogP contribution in [0.4, 0.5) is 0 Å². The number of rotatable bonds is 0. The average molecular weight is 210 g/mol. The van der Waals surface area contributed by atoms with E-state index in [4.69, 9.17) is 11.6 Å². The molecule has 0 aliphatic carbocycles. The van der Waals surface area contributed by atoms with Crippen LogP contribution in [0.5, 0.6) is 0 Å². The van der Waals surface area contributed by atoms with Crippen LogP contribution in [0.3, 0.4) is 0 Å². The zero-order chi connectivity index (χ0) is 10.1. The van der Waals surface area contributed by atoms with Crippen LogP contribution >= 0.6 is 11.6 Å². The Balaban J connectivity index is 2.41. The van der Waals surface area contributed by atoms with Crippen LogP contribution in [0.15, 0.2) is 18.2 Å². The van der Waals surface area contributed by atoms with E-state index in [1.54, 1.807) is 0 Å². The maximum atomic E-state index is 11.4. The van der Waals surface area contributed by atoms with Gasteiger partial charge in [-0.3, -0.25) is 4.79 Å². The summed E-state index contributed by atoms with van der Waals surface area (Å²) in [6, 6.07) is 5.93. The van der Waals surface area contributed by atoms with Crippen LogP contribution < -0.4 is 5.32 Å². The minimum Gasteiger partial charge on any atom is -0.353 e. The Labute approximate surface area is 88.3 Å². The van der Waals surface area contributed by atoms with Crippen molar-refractivity contribution in [2.24, 2.45) is 0 Å². The molecule has 0 unspecified atom stereocenters. The van der Waals surface area contributed by atoms with Gasteiger partial charge in [0.2, 0.25) is 5.91 Å². The van der Waals surface area contributed by atoms with Gasteiger partial charge in [0.05, 0.1) is 6.42 Å². The molecule has 1 aliphatic rings. The summed E-state index contributed by atoms with van der Waals surface area (Å²) in [5.41, 5.74) is 2.28. The van der Waals surface area contributed by atoms with Crippen molar-refractivity contribution in [3.8, 4) is 0 Å². The zero-order valence-electron chi connectivity index (χ0n) is 8.01. The molecule has 2 rings (SSSR count). The van der Waals surface area contributed by atoms with Gasteiger partial charge in [-0.15, -0.1) is 0 Å². The smallest absolute Gasteiger partial charge is 0.224 e. The molecule has 0 spiro atoms. The first-order chi connectivity index (χ1) is 6.65. The molecule has 0 bridgehead atoms. The lowest BCUT2D eigenvalue weighted by Gasteiger charge is -2.09. The van der Waals surface area contributed by atoms with Gasteiger partial charge in [0.15, 0.2) is 0 Å². The first-order valence-electron chi connectivity index (χ1n) is 4.72. The predicted molar refractivity (Wildman–Crippen MR) is 56.5 cm³/mol. The van der Waals surface area contributed by atoms with Crippen LogP contribution in [0.1, 0.15) is 18.1 Å². The largest absolute Gasteiger partial charge is 0.353 e. The second-order valence-electron chi connectivity index (χ2n) is 3.76. The maximum Gasteiger partial charge on any atom is 0.224 e. The third-order valence-corrected chi connectivity index (χ3v) is 2.69. The fraction of sp³-hybridized carbons (Fsp3) is 0.364. The second kappa shape index (κ2) is 3.62. The molecule has 3 heteroatoms. The quantitative estimate of drug-likeness (QED) is 0.695. The van der Waals surface area contributed by atoms with E-state index in [9.17, 15) is 4.79 Å². The van der Waals surface area contributed by atoms with Crippen molar-refractivity contribution in [1.82, 2.24) is 5.32 Å². The molecular formula is C11H12ClNO. The van der Waals surface area contributed by atoms with Gasteiger partial charge in [0, 0.05) is 11.1 Å². The number of carbonyl (C=O) groups excluding carboxylic acids is 1. The Hall–Kier alpha value is -1.02. The fourth-order valence-electron chi connectivity index (χ4n) is 1.84. The minimum atomic E-state index is 0.0959. The second-order valence-corrected chi connectivity index (χ2v) is 4.20. The van der Waals surface area contributed by atoms with Gasteiger partial charge in [-0.05, 0) is 36.6 Å². The fourth-order valence-corrected chi connectivity index (χ4v) is 2.03. The van der Waals surface area contributed by atoms with Crippen molar-refractivity contribution in [1.29, 1.82) is 0 Å². The van der Waals surface area contributed by atoms with Gasteiger partial charge in [-0.2, -0.15) is 0 Å². The monoisotopic (exact) mass is 209 g/mol. The Morgan fingerprint density at radius 1 is 1.43 bits per heavy atom. The van der Waals surface area contributed by atoms with Crippen LogP contribution in [-0.2, 0) is 17.6 Å². The van der Waals surface area contributed by atoms with E-state index in [1.807, 2.05) is 25.1 Å². The maximum absolute atomic E-state index is 11.4. The van der Waals surface area contributed by atoms with Crippen molar-refractivity contribution in [2.75, 3.05) is 0 Å². The van der Waals surface area contributed by atoms with E-state index in [0.717, 1.165) is 17.0 Å². The highest BCUT2D eigenvalue weighted by Gasteiger charge is 2.17. The number of carbonyl (C=O) groups is 1.